The number of esters is 2. The van der Waals surface area contributed by atoms with Crippen LogP contribution in [0.25, 0.3) is 0 Å². The molecule has 0 spiro atoms. The van der Waals surface area contributed by atoms with Crippen molar-refractivity contribution in [2.45, 2.75) is 225 Å². The third-order valence-corrected chi connectivity index (χ3v) is 10.3. The number of ether oxygens (including phenoxy) is 2. The van der Waals surface area contributed by atoms with Gasteiger partial charge in [0.05, 0.1) is 6.61 Å². The molecule has 0 bridgehead atoms. The molecular weight excluding hydrogens is 723 g/mol. The molecule has 1 atom stereocenters. The second kappa shape index (κ2) is 42.6. The average Bonchev–Trinajstić information content (AvgIpc) is 3.17. The molecule has 326 valence electrons. The number of hydrogen-bond acceptors (Lipinski definition) is 6. The molecule has 8 nitrogen and oxygen atoms in total. The van der Waals surface area contributed by atoms with E-state index in [0.29, 0.717) is 6.42 Å². The zero-order valence-electron chi connectivity index (χ0n) is 36.0. The Morgan fingerprint density at radius 3 is 1.29 bits per heavy atom. The largest absolute Gasteiger partial charge is 0.469 e. The normalized spacial score (nSPS) is 12.9. The van der Waals surface area contributed by atoms with Crippen molar-refractivity contribution in [3.8, 4) is 0 Å². The Morgan fingerprint density at radius 2 is 0.857 bits per heavy atom. The molecule has 0 aromatic heterocycles. The molecule has 0 amide bonds. The lowest BCUT2D eigenvalue weighted by Gasteiger charge is -2.18. The van der Waals surface area contributed by atoms with E-state index >= 15 is 0 Å². The molecule has 0 aliphatic carbocycles. The lowest BCUT2D eigenvalue weighted by atomic mass is 10.0. The standard InChI is InChI=1S/C47H85O8P/c1-3-5-7-9-11-13-15-17-19-20-21-22-23-24-25-26-28-29-31-33-35-37-39-41-46(48)53-43-45(44-54-56(50,51)52)55-47(49)42-40-38-36-34-32-30-27-18-16-14-12-10-8-6-4-2/h6,8,12,14,18,27,32,34,45H,3-5,7,9-11,13,15-17,19-26,28-31,33,35-44H2,1-2H3,(H2,50,51,52)/b8-6+,14-12+,27-18+,34-32+/t45-/m1/s1. The number of phosphoric ester groups is 1. The molecule has 0 rings (SSSR count). The monoisotopic (exact) mass is 809 g/mol. The third-order valence-electron chi connectivity index (χ3n) is 9.86. The Bertz CT molecular complexity index is 1050. The summed E-state index contributed by atoms with van der Waals surface area (Å²) >= 11 is 0. The number of unbranched alkanes of at least 4 members (excludes halogenated alkanes) is 24. The van der Waals surface area contributed by atoms with E-state index < -0.39 is 32.5 Å². The quantitative estimate of drug-likeness (QED) is 0.0271. The van der Waals surface area contributed by atoms with Crippen molar-refractivity contribution in [3.63, 3.8) is 0 Å². The van der Waals surface area contributed by atoms with Gasteiger partial charge < -0.3 is 19.3 Å². The summed E-state index contributed by atoms with van der Waals surface area (Å²) in [4.78, 5) is 42.9. The maximum atomic E-state index is 12.4. The van der Waals surface area contributed by atoms with Crippen molar-refractivity contribution in [2.24, 2.45) is 0 Å². The van der Waals surface area contributed by atoms with Gasteiger partial charge in [-0.15, -0.1) is 0 Å². The van der Waals surface area contributed by atoms with Gasteiger partial charge in [-0.1, -0.05) is 204 Å². The molecule has 0 saturated heterocycles. The Kier molecular flexibility index (Phi) is 41.1. The van der Waals surface area contributed by atoms with Crippen LogP contribution in [0.2, 0.25) is 0 Å². The van der Waals surface area contributed by atoms with E-state index in [0.717, 1.165) is 57.8 Å². The molecule has 0 unspecified atom stereocenters. The Labute approximate surface area is 344 Å². The molecule has 0 aromatic rings. The van der Waals surface area contributed by atoms with E-state index in [1.165, 1.54) is 128 Å². The highest BCUT2D eigenvalue weighted by atomic mass is 31.2. The van der Waals surface area contributed by atoms with Crippen LogP contribution >= 0.6 is 7.82 Å². The van der Waals surface area contributed by atoms with E-state index in [4.69, 9.17) is 19.3 Å². The van der Waals surface area contributed by atoms with Crippen molar-refractivity contribution in [1.82, 2.24) is 0 Å². The molecule has 0 aromatic carbocycles. The Hall–Kier alpha value is -1.99. The summed E-state index contributed by atoms with van der Waals surface area (Å²) in [5, 5.41) is 0. The highest BCUT2D eigenvalue weighted by molar-refractivity contribution is 7.46. The maximum absolute atomic E-state index is 12.4. The predicted octanol–water partition coefficient (Wildman–Crippen LogP) is 14.3. The number of carbonyl (C=O) groups excluding carboxylic acids is 2. The molecule has 0 aliphatic rings. The van der Waals surface area contributed by atoms with E-state index in [9.17, 15) is 14.2 Å². The first-order valence-electron chi connectivity index (χ1n) is 22.9. The topological polar surface area (TPSA) is 119 Å². The fourth-order valence-electron chi connectivity index (χ4n) is 6.48. The third kappa shape index (κ3) is 44.7. The van der Waals surface area contributed by atoms with Crippen LogP contribution in [0.15, 0.2) is 48.6 Å². The van der Waals surface area contributed by atoms with E-state index in [1.807, 2.05) is 0 Å². The number of rotatable bonds is 42. The first kappa shape index (κ1) is 54.0. The maximum Gasteiger partial charge on any atom is 0.469 e. The van der Waals surface area contributed by atoms with Gasteiger partial charge in [0.25, 0.3) is 0 Å². The number of phosphoric acid groups is 1. The number of hydrogen-bond donors (Lipinski definition) is 2. The molecule has 0 radical (unpaired) electrons. The van der Waals surface area contributed by atoms with Crippen LogP contribution in [0.4, 0.5) is 0 Å². The average molecular weight is 809 g/mol. The van der Waals surface area contributed by atoms with Gasteiger partial charge in [0.1, 0.15) is 6.61 Å². The van der Waals surface area contributed by atoms with Gasteiger partial charge in [-0.2, -0.15) is 0 Å². The lowest BCUT2D eigenvalue weighted by Crippen LogP contribution is -2.29. The van der Waals surface area contributed by atoms with Gasteiger partial charge in [-0.3, -0.25) is 14.1 Å². The van der Waals surface area contributed by atoms with Gasteiger partial charge in [-0.05, 0) is 51.4 Å². The summed E-state index contributed by atoms with van der Waals surface area (Å²) in [7, 11) is -4.77. The van der Waals surface area contributed by atoms with Crippen molar-refractivity contribution in [3.05, 3.63) is 48.6 Å². The molecule has 2 N–H and O–H groups in total. The van der Waals surface area contributed by atoms with Crippen molar-refractivity contribution in [2.75, 3.05) is 13.2 Å². The molecule has 9 heteroatoms. The van der Waals surface area contributed by atoms with Crippen molar-refractivity contribution in [1.29, 1.82) is 0 Å². The minimum absolute atomic E-state index is 0.160. The highest BCUT2D eigenvalue weighted by Gasteiger charge is 2.22. The Morgan fingerprint density at radius 1 is 0.482 bits per heavy atom. The molecule has 0 aliphatic heterocycles. The fourth-order valence-corrected chi connectivity index (χ4v) is 6.84. The first-order valence-corrected chi connectivity index (χ1v) is 24.5. The van der Waals surface area contributed by atoms with Gasteiger partial charge in [0.15, 0.2) is 6.10 Å². The van der Waals surface area contributed by atoms with Crippen molar-refractivity contribution < 1.29 is 37.9 Å². The molecule has 56 heavy (non-hydrogen) atoms. The van der Waals surface area contributed by atoms with Gasteiger partial charge in [0.2, 0.25) is 0 Å². The number of allylic oxidation sites excluding steroid dienone is 8. The summed E-state index contributed by atoms with van der Waals surface area (Å²) in [6.45, 7) is 3.56. The van der Waals surface area contributed by atoms with E-state index in [-0.39, 0.29) is 19.4 Å². The second-order valence-electron chi connectivity index (χ2n) is 15.4. The summed E-state index contributed by atoms with van der Waals surface area (Å²) < 4.78 is 26.4. The van der Waals surface area contributed by atoms with Gasteiger partial charge in [0, 0.05) is 12.8 Å². The summed E-state index contributed by atoms with van der Waals surface area (Å²) in [5.74, 6) is -0.927. The van der Waals surface area contributed by atoms with Gasteiger partial charge in [-0.25, -0.2) is 4.57 Å². The summed E-state index contributed by atoms with van der Waals surface area (Å²) in [6.07, 6.45) is 52.8. The zero-order chi connectivity index (χ0) is 41.1. The predicted molar refractivity (Wildman–Crippen MR) is 234 cm³/mol. The second-order valence-corrected chi connectivity index (χ2v) is 16.6. The highest BCUT2D eigenvalue weighted by Crippen LogP contribution is 2.36. The Balaban J connectivity index is 3.85. The van der Waals surface area contributed by atoms with E-state index in [2.05, 4.69) is 67.0 Å². The number of carbonyl (C=O) groups is 2. The molecule has 0 heterocycles. The minimum Gasteiger partial charge on any atom is -0.462 e. The molecule has 0 saturated carbocycles. The van der Waals surface area contributed by atoms with Crippen LogP contribution in [0.5, 0.6) is 0 Å². The molecular formula is C47H85O8P. The smallest absolute Gasteiger partial charge is 0.462 e. The molecule has 0 fully saturated rings. The van der Waals surface area contributed by atoms with Crippen LogP contribution < -0.4 is 0 Å². The van der Waals surface area contributed by atoms with Crippen LogP contribution in [0.3, 0.4) is 0 Å². The zero-order valence-corrected chi connectivity index (χ0v) is 36.9. The van der Waals surface area contributed by atoms with E-state index in [1.54, 1.807) is 0 Å². The van der Waals surface area contributed by atoms with Crippen molar-refractivity contribution >= 4 is 19.8 Å². The lowest BCUT2D eigenvalue weighted by molar-refractivity contribution is -0.161. The van der Waals surface area contributed by atoms with Crippen LogP contribution in [0.1, 0.15) is 219 Å². The SMILES string of the molecule is CC/C=C/C/C=C/C/C=C/C/C=C/CCCCC(=O)O[C@H](COC(=O)CCCCCCCCCCCCCCCCCCCCCCCCC)COP(=O)(O)O. The van der Waals surface area contributed by atoms with Crippen LogP contribution in [-0.4, -0.2) is 41.0 Å². The summed E-state index contributed by atoms with van der Waals surface area (Å²) in [5.41, 5.74) is 0. The van der Waals surface area contributed by atoms with Gasteiger partial charge >= 0.3 is 19.8 Å². The first-order chi connectivity index (χ1) is 27.3. The minimum atomic E-state index is -4.77. The van der Waals surface area contributed by atoms with Crippen LogP contribution in [0, 0.1) is 0 Å². The summed E-state index contributed by atoms with van der Waals surface area (Å²) in [6, 6.07) is 0. The van der Waals surface area contributed by atoms with Crippen LogP contribution in [-0.2, 0) is 28.2 Å². The fraction of sp³-hybridized carbons (Fsp3) is 0.787.